The molecule has 2 N–H and O–H groups in total. The summed E-state index contributed by atoms with van der Waals surface area (Å²) < 4.78 is 16.3. The Morgan fingerprint density at radius 2 is 1.67 bits per heavy atom. The second kappa shape index (κ2) is 11.7. The third-order valence-electron chi connectivity index (χ3n) is 4.81. The third-order valence-corrected chi connectivity index (χ3v) is 4.81. The number of hydrogen-bond donors (Lipinski definition) is 2. The molecular formula is C22H32O8. The highest BCUT2D eigenvalue weighted by molar-refractivity contribution is 5.82. The number of allylic oxidation sites excluding steroid dienone is 4. The first-order valence-corrected chi connectivity index (χ1v) is 9.99. The smallest absolute Gasteiger partial charge is 0.348 e. The van der Waals surface area contributed by atoms with Gasteiger partial charge in [-0.2, -0.15) is 0 Å². The molecule has 1 aliphatic rings. The molecular weight excluding hydrogens is 392 g/mol. The number of aliphatic carboxylic acids is 1. The molecule has 8 nitrogen and oxygen atoms in total. The maximum absolute atomic E-state index is 12.8. The van der Waals surface area contributed by atoms with E-state index in [0.29, 0.717) is 13.0 Å². The lowest BCUT2D eigenvalue weighted by Gasteiger charge is -2.26. The molecule has 0 aliphatic carbocycles. The topological polar surface area (TPSA) is 123 Å². The average molecular weight is 424 g/mol. The normalized spacial score (nSPS) is 22.9. The molecule has 0 saturated carbocycles. The average Bonchev–Trinajstić information content (AvgIpc) is 3.44. The lowest BCUT2D eigenvalue weighted by molar-refractivity contribution is -0.181. The number of carbonyl (C=O) groups is 3. The standard InChI is InChI=1S/C22H32O8/c1-6-15(4)19(30-20(26)18(25)14(2)3)21(27)29-16(22(5)13-28-22)11-9-7-8-10-12-17(23)24/h7-12,14-16,18-19,25H,6,13H2,1-5H3,(H,23,24)/b8-7-,11-9+,12-10+/t15-,16+,18?,19+,22-/m0/s1. The molecule has 1 fully saturated rings. The predicted octanol–water partition coefficient (Wildman–Crippen LogP) is 2.42. The monoisotopic (exact) mass is 424 g/mol. The maximum Gasteiger partial charge on any atom is 0.348 e. The molecule has 1 unspecified atom stereocenters. The summed E-state index contributed by atoms with van der Waals surface area (Å²) in [7, 11) is 0. The summed E-state index contributed by atoms with van der Waals surface area (Å²) in [6, 6.07) is 0. The van der Waals surface area contributed by atoms with Gasteiger partial charge in [-0.05, 0) is 25.3 Å². The minimum atomic E-state index is -1.33. The Morgan fingerprint density at radius 3 is 2.17 bits per heavy atom. The molecule has 0 spiro atoms. The minimum absolute atomic E-state index is 0.306. The Bertz CT molecular complexity index is 687. The number of esters is 2. The first-order chi connectivity index (χ1) is 14.0. The number of carboxylic acids is 1. The summed E-state index contributed by atoms with van der Waals surface area (Å²) in [5, 5.41) is 18.5. The van der Waals surface area contributed by atoms with E-state index in [1.807, 2.05) is 6.92 Å². The fourth-order valence-electron chi connectivity index (χ4n) is 2.35. The van der Waals surface area contributed by atoms with E-state index in [1.54, 1.807) is 45.9 Å². The van der Waals surface area contributed by atoms with Gasteiger partial charge in [0.15, 0.2) is 12.2 Å². The number of carboxylic acid groups (broad SMARTS) is 1. The van der Waals surface area contributed by atoms with Crippen LogP contribution in [0.5, 0.6) is 0 Å². The second-order valence-electron chi connectivity index (χ2n) is 7.86. The van der Waals surface area contributed by atoms with Crippen molar-refractivity contribution in [2.75, 3.05) is 6.61 Å². The van der Waals surface area contributed by atoms with Crippen molar-refractivity contribution in [3.63, 3.8) is 0 Å². The lowest BCUT2D eigenvalue weighted by Crippen LogP contribution is -2.42. The van der Waals surface area contributed by atoms with Gasteiger partial charge in [0.25, 0.3) is 0 Å². The number of rotatable bonds is 12. The number of ether oxygens (including phenoxy) is 3. The van der Waals surface area contributed by atoms with Crippen LogP contribution in [0.15, 0.2) is 36.5 Å². The number of carbonyl (C=O) groups excluding carboxylic acids is 2. The molecule has 0 aromatic heterocycles. The van der Waals surface area contributed by atoms with Crippen LogP contribution >= 0.6 is 0 Å². The van der Waals surface area contributed by atoms with Crippen molar-refractivity contribution in [3.05, 3.63) is 36.5 Å². The molecule has 168 valence electrons. The Kier molecular flexibility index (Phi) is 9.95. The summed E-state index contributed by atoms with van der Waals surface area (Å²) in [6.45, 7) is 9.16. The number of aliphatic hydroxyl groups excluding tert-OH is 1. The summed E-state index contributed by atoms with van der Waals surface area (Å²) >= 11 is 0. The van der Waals surface area contributed by atoms with Crippen molar-refractivity contribution in [1.82, 2.24) is 0 Å². The summed E-state index contributed by atoms with van der Waals surface area (Å²) in [6.07, 6.45) is 6.07. The van der Waals surface area contributed by atoms with E-state index in [0.717, 1.165) is 6.08 Å². The Morgan fingerprint density at radius 1 is 1.07 bits per heavy atom. The van der Waals surface area contributed by atoms with Crippen LogP contribution in [0.1, 0.15) is 41.0 Å². The molecule has 8 heteroatoms. The number of epoxide rings is 1. The van der Waals surface area contributed by atoms with E-state index < -0.39 is 41.8 Å². The maximum atomic E-state index is 12.8. The van der Waals surface area contributed by atoms with E-state index in [2.05, 4.69) is 0 Å². The molecule has 0 radical (unpaired) electrons. The minimum Gasteiger partial charge on any atom is -0.478 e. The van der Waals surface area contributed by atoms with Crippen LogP contribution in [0, 0.1) is 11.8 Å². The lowest BCUT2D eigenvalue weighted by atomic mass is 10.0. The highest BCUT2D eigenvalue weighted by Gasteiger charge is 2.49. The zero-order valence-corrected chi connectivity index (χ0v) is 18.1. The molecule has 1 rings (SSSR count). The first-order valence-electron chi connectivity index (χ1n) is 9.99. The molecule has 0 bridgehead atoms. The SMILES string of the molecule is CC[C@H](C)[C@@H](OC(=O)C(O)C(C)C)C(=O)O[C@H](/C=C/C=C\C=C\C(=O)O)[C@]1(C)CO1. The van der Waals surface area contributed by atoms with Crippen molar-refractivity contribution in [1.29, 1.82) is 0 Å². The van der Waals surface area contributed by atoms with Gasteiger partial charge in [-0.15, -0.1) is 0 Å². The molecule has 1 aliphatic heterocycles. The van der Waals surface area contributed by atoms with Gasteiger partial charge < -0.3 is 24.4 Å². The van der Waals surface area contributed by atoms with Crippen LogP contribution in [0.3, 0.4) is 0 Å². The summed E-state index contributed by atoms with van der Waals surface area (Å²) in [5.41, 5.74) is -0.682. The summed E-state index contributed by atoms with van der Waals surface area (Å²) in [4.78, 5) is 35.4. The van der Waals surface area contributed by atoms with E-state index in [4.69, 9.17) is 19.3 Å². The second-order valence-corrected chi connectivity index (χ2v) is 7.86. The van der Waals surface area contributed by atoms with Gasteiger partial charge in [-0.25, -0.2) is 14.4 Å². The van der Waals surface area contributed by atoms with Crippen LogP contribution in [0.4, 0.5) is 0 Å². The van der Waals surface area contributed by atoms with E-state index in [9.17, 15) is 19.5 Å². The molecule has 5 atom stereocenters. The van der Waals surface area contributed by atoms with Crippen molar-refractivity contribution in [2.45, 2.75) is 65.0 Å². The fraction of sp³-hybridized carbons (Fsp3) is 0.591. The molecule has 0 amide bonds. The van der Waals surface area contributed by atoms with Gasteiger partial charge in [0.2, 0.25) is 6.10 Å². The van der Waals surface area contributed by atoms with Crippen LogP contribution < -0.4 is 0 Å². The molecule has 0 aromatic rings. The van der Waals surface area contributed by atoms with Crippen molar-refractivity contribution >= 4 is 17.9 Å². The highest BCUT2D eigenvalue weighted by Crippen LogP contribution is 2.33. The Labute approximate surface area is 177 Å². The van der Waals surface area contributed by atoms with Crippen molar-refractivity contribution < 1.29 is 38.8 Å². The zero-order valence-electron chi connectivity index (χ0n) is 18.1. The van der Waals surface area contributed by atoms with Gasteiger partial charge in [-0.1, -0.05) is 52.0 Å². The number of hydrogen-bond acceptors (Lipinski definition) is 7. The molecule has 0 aromatic carbocycles. The van der Waals surface area contributed by atoms with E-state index in [-0.39, 0.29) is 11.8 Å². The number of aliphatic hydroxyl groups is 1. The highest BCUT2D eigenvalue weighted by atomic mass is 16.6. The first kappa shape index (κ1) is 25.6. The van der Waals surface area contributed by atoms with E-state index >= 15 is 0 Å². The van der Waals surface area contributed by atoms with Gasteiger partial charge in [0, 0.05) is 12.0 Å². The van der Waals surface area contributed by atoms with Crippen LogP contribution in [-0.4, -0.2) is 58.6 Å². The van der Waals surface area contributed by atoms with Gasteiger partial charge in [0.05, 0.1) is 6.61 Å². The zero-order chi connectivity index (χ0) is 22.9. The predicted molar refractivity (Wildman–Crippen MR) is 109 cm³/mol. The van der Waals surface area contributed by atoms with Gasteiger partial charge >= 0.3 is 17.9 Å². The molecule has 1 saturated heterocycles. The Hall–Kier alpha value is -2.45. The summed E-state index contributed by atoms with van der Waals surface area (Å²) in [5.74, 6) is -3.28. The third kappa shape index (κ3) is 8.12. The van der Waals surface area contributed by atoms with Crippen molar-refractivity contribution in [2.24, 2.45) is 11.8 Å². The quantitative estimate of drug-likeness (QED) is 0.212. The van der Waals surface area contributed by atoms with Crippen LogP contribution in [-0.2, 0) is 28.6 Å². The van der Waals surface area contributed by atoms with Crippen LogP contribution in [0.25, 0.3) is 0 Å². The van der Waals surface area contributed by atoms with Gasteiger partial charge in [0.1, 0.15) is 5.60 Å². The molecule has 30 heavy (non-hydrogen) atoms. The van der Waals surface area contributed by atoms with Crippen molar-refractivity contribution in [3.8, 4) is 0 Å². The largest absolute Gasteiger partial charge is 0.478 e. The molecule has 1 heterocycles. The fourth-order valence-corrected chi connectivity index (χ4v) is 2.35. The Balaban J connectivity index is 2.88. The van der Waals surface area contributed by atoms with E-state index in [1.165, 1.54) is 12.2 Å². The van der Waals surface area contributed by atoms with Crippen LogP contribution in [0.2, 0.25) is 0 Å². The van der Waals surface area contributed by atoms with Gasteiger partial charge in [-0.3, -0.25) is 0 Å².